The largest absolute Gasteiger partial charge is 0.469 e. The monoisotopic (exact) mass is 278 g/mol. The van der Waals surface area contributed by atoms with E-state index in [9.17, 15) is 4.79 Å². The molecule has 3 nitrogen and oxygen atoms in total. The maximum absolute atomic E-state index is 11.9. The molecule has 0 aliphatic heterocycles. The molecular weight excluding hydrogens is 264 g/mol. The summed E-state index contributed by atoms with van der Waals surface area (Å²) in [6.07, 6.45) is 2.92. The molecule has 3 rings (SSSR count). The topological polar surface area (TPSA) is 39.4 Å². The number of aryl methyl sites for hydroxylation is 1. The SMILES string of the molecule is COC(=O)C1=C(C#Cc2ccccc2)c2ccoc2CC1. The summed E-state index contributed by atoms with van der Waals surface area (Å²) in [4.78, 5) is 11.9. The fourth-order valence-electron chi connectivity index (χ4n) is 2.41. The first-order valence-electron chi connectivity index (χ1n) is 6.75. The van der Waals surface area contributed by atoms with E-state index in [4.69, 9.17) is 9.15 Å². The zero-order chi connectivity index (χ0) is 14.7. The summed E-state index contributed by atoms with van der Waals surface area (Å²) in [6.45, 7) is 0. The van der Waals surface area contributed by atoms with Crippen LogP contribution in [0.3, 0.4) is 0 Å². The normalized spacial score (nSPS) is 13.2. The molecule has 1 heterocycles. The maximum atomic E-state index is 11.9. The Bertz CT molecular complexity index is 755. The van der Waals surface area contributed by atoms with E-state index < -0.39 is 0 Å². The van der Waals surface area contributed by atoms with Gasteiger partial charge in [0, 0.05) is 23.1 Å². The smallest absolute Gasteiger partial charge is 0.335 e. The number of esters is 1. The van der Waals surface area contributed by atoms with Gasteiger partial charge in [0.15, 0.2) is 0 Å². The molecule has 0 atom stereocenters. The van der Waals surface area contributed by atoms with Crippen molar-refractivity contribution in [2.45, 2.75) is 12.8 Å². The second-order valence-corrected chi connectivity index (χ2v) is 4.72. The minimum absolute atomic E-state index is 0.320. The van der Waals surface area contributed by atoms with Gasteiger partial charge in [0.2, 0.25) is 0 Å². The van der Waals surface area contributed by atoms with E-state index in [0.717, 1.165) is 16.9 Å². The molecule has 0 spiro atoms. The number of hydrogen-bond donors (Lipinski definition) is 0. The predicted octanol–water partition coefficient (Wildman–Crippen LogP) is 3.20. The summed E-state index contributed by atoms with van der Waals surface area (Å²) in [7, 11) is 1.39. The lowest BCUT2D eigenvalue weighted by Crippen LogP contribution is -2.12. The summed E-state index contributed by atoms with van der Waals surface area (Å²) >= 11 is 0. The zero-order valence-corrected chi connectivity index (χ0v) is 11.7. The van der Waals surface area contributed by atoms with Gasteiger partial charge >= 0.3 is 5.97 Å². The Morgan fingerprint density at radius 3 is 2.71 bits per heavy atom. The van der Waals surface area contributed by atoms with Crippen LogP contribution in [0.2, 0.25) is 0 Å². The lowest BCUT2D eigenvalue weighted by molar-refractivity contribution is -0.136. The minimum atomic E-state index is -0.320. The molecule has 1 aliphatic carbocycles. The van der Waals surface area contributed by atoms with E-state index in [2.05, 4.69) is 11.8 Å². The van der Waals surface area contributed by atoms with Gasteiger partial charge < -0.3 is 9.15 Å². The van der Waals surface area contributed by atoms with Crippen molar-refractivity contribution in [2.24, 2.45) is 0 Å². The molecule has 0 bridgehead atoms. The number of carbonyl (C=O) groups is 1. The Labute approximate surface area is 123 Å². The lowest BCUT2D eigenvalue weighted by atomic mass is 9.90. The average Bonchev–Trinajstić information content (AvgIpc) is 3.01. The molecule has 0 unspecified atom stereocenters. The van der Waals surface area contributed by atoms with Crippen molar-refractivity contribution in [3.8, 4) is 11.8 Å². The molecule has 21 heavy (non-hydrogen) atoms. The number of ether oxygens (including phenoxy) is 1. The van der Waals surface area contributed by atoms with Crippen molar-refractivity contribution in [3.05, 3.63) is 65.1 Å². The molecule has 2 aromatic rings. The van der Waals surface area contributed by atoms with Gasteiger partial charge in [-0.15, -0.1) is 0 Å². The molecule has 0 radical (unpaired) electrons. The highest BCUT2D eigenvalue weighted by Gasteiger charge is 2.25. The summed E-state index contributed by atoms with van der Waals surface area (Å²) in [5.41, 5.74) is 3.13. The van der Waals surface area contributed by atoms with Crippen molar-refractivity contribution < 1.29 is 13.9 Å². The van der Waals surface area contributed by atoms with Crippen LogP contribution in [0.15, 0.2) is 52.7 Å². The second kappa shape index (κ2) is 5.72. The van der Waals surface area contributed by atoms with Gasteiger partial charge in [-0.3, -0.25) is 0 Å². The number of carbonyl (C=O) groups excluding carboxylic acids is 1. The van der Waals surface area contributed by atoms with Crippen LogP contribution in [0.25, 0.3) is 5.57 Å². The number of hydrogen-bond acceptors (Lipinski definition) is 3. The molecule has 0 saturated carbocycles. The van der Waals surface area contributed by atoms with Gasteiger partial charge in [0.1, 0.15) is 5.76 Å². The Kier molecular flexibility index (Phi) is 3.61. The number of rotatable bonds is 1. The third-order valence-corrected chi connectivity index (χ3v) is 3.46. The molecule has 3 heteroatoms. The number of methoxy groups -OCH3 is 1. The Morgan fingerprint density at radius 2 is 1.95 bits per heavy atom. The van der Waals surface area contributed by atoms with E-state index in [1.54, 1.807) is 6.26 Å². The van der Waals surface area contributed by atoms with E-state index in [0.29, 0.717) is 24.0 Å². The summed E-state index contributed by atoms with van der Waals surface area (Å²) in [5, 5.41) is 0. The van der Waals surface area contributed by atoms with Crippen LogP contribution in [0.4, 0.5) is 0 Å². The Balaban J connectivity index is 2.08. The van der Waals surface area contributed by atoms with Crippen molar-refractivity contribution in [2.75, 3.05) is 7.11 Å². The Morgan fingerprint density at radius 1 is 1.14 bits per heavy atom. The molecule has 1 aromatic carbocycles. The van der Waals surface area contributed by atoms with Gasteiger partial charge in [-0.25, -0.2) is 4.79 Å². The van der Waals surface area contributed by atoms with Crippen molar-refractivity contribution in [1.29, 1.82) is 0 Å². The van der Waals surface area contributed by atoms with Crippen LogP contribution in [0.1, 0.15) is 23.3 Å². The van der Waals surface area contributed by atoms with Gasteiger partial charge in [-0.2, -0.15) is 0 Å². The molecule has 104 valence electrons. The van der Waals surface area contributed by atoms with Gasteiger partial charge in [0.05, 0.1) is 18.9 Å². The van der Waals surface area contributed by atoms with E-state index in [1.807, 2.05) is 36.4 Å². The van der Waals surface area contributed by atoms with Gasteiger partial charge in [-0.05, 0) is 24.6 Å². The van der Waals surface area contributed by atoms with E-state index in [1.165, 1.54) is 7.11 Å². The van der Waals surface area contributed by atoms with Gasteiger partial charge in [0.25, 0.3) is 0 Å². The molecule has 1 aliphatic rings. The standard InChI is InChI=1S/C18H14O3/c1-20-18(19)16-9-10-17-15(11-12-21-17)14(16)8-7-13-5-3-2-4-6-13/h2-6,11-12H,9-10H2,1H3. The number of allylic oxidation sites excluding steroid dienone is 1. The van der Waals surface area contributed by atoms with Gasteiger partial charge in [-0.1, -0.05) is 30.0 Å². The van der Waals surface area contributed by atoms with E-state index >= 15 is 0 Å². The highest BCUT2D eigenvalue weighted by molar-refractivity contribution is 6.02. The predicted molar refractivity (Wildman–Crippen MR) is 79.3 cm³/mol. The zero-order valence-electron chi connectivity index (χ0n) is 11.7. The molecule has 1 aromatic heterocycles. The third kappa shape index (κ3) is 2.61. The van der Waals surface area contributed by atoms with Crippen LogP contribution < -0.4 is 0 Å². The average molecular weight is 278 g/mol. The Hall–Kier alpha value is -2.73. The number of fused-ring (bicyclic) bond motifs is 1. The summed E-state index contributed by atoms with van der Waals surface area (Å²) in [6, 6.07) is 11.5. The van der Waals surface area contributed by atoms with Crippen LogP contribution in [-0.2, 0) is 16.0 Å². The third-order valence-electron chi connectivity index (χ3n) is 3.46. The molecular formula is C18H14O3. The van der Waals surface area contributed by atoms with E-state index in [-0.39, 0.29) is 5.97 Å². The van der Waals surface area contributed by atoms with Crippen LogP contribution >= 0.6 is 0 Å². The minimum Gasteiger partial charge on any atom is -0.469 e. The molecule has 0 N–H and O–H groups in total. The lowest BCUT2D eigenvalue weighted by Gasteiger charge is -2.14. The van der Waals surface area contributed by atoms with Crippen LogP contribution in [-0.4, -0.2) is 13.1 Å². The van der Waals surface area contributed by atoms with Crippen LogP contribution in [0.5, 0.6) is 0 Å². The fourth-order valence-corrected chi connectivity index (χ4v) is 2.41. The first kappa shape index (κ1) is 13.3. The van der Waals surface area contributed by atoms with Crippen molar-refractivity contribution in [1.82, 2.24) is 0 Å². The number of furan rings is 1. The first-order valence-corrected chi connectivity index (χ1v) is 6.75. The molecule has 0 fully saturated rings. The summed E-state index contributed by atoms with van der Waals surface area (Å²) < 4.78 is 10.3. The molecule has 0 amide bonds. The maximum Gasteiger partial charge on any atom is 0.335 e. The second-order valence-electron chi connectivity index (χ2n) is 4.72. The van der Waals surface area contributed by atoms with Crippen molar-refractivity contribution >= 4 is 11.5 Å². The first-order chi connectivity index (χ1) is 10.3. The fraction of sp³-hybridized carbons (Fsp3) is 0.167. The summed E-state index contributed by atoms with van der Waals surface area (Å²) in [5.74, 6) is 6.77. The highest BCUT2D eigenvalue weighted by atomic mass is 16.5. The molecule has 0 saturated heterocycles. The van der Waals surface area contributed by atoms with Crippen molar-refractivity contribution in [3.63, 3.8) is 0 Å². The highest BCUT2D eigenvalue weighted by Crippen LogP contribution is 2.32. The van der Waals surface area contributed by atoms with Crippen LogP contribution in [0, 0.1) is 11.8 Å². The number of benzene rings is 1. The quantitative estimate of drug-likeness (QED) is 0.594.